The topological polar surface area (TPSA) is 154 Å². The Kier molecular flexibility index (Phi) is 6.38. The number of hydrogen-bond acceptors (Lipinski definition) is 7. The molecule has 12 heteroatoms. The molecule has 27 heavy (non-hydrogen) atoms. The predicted molar refractivity (Wildman–Crippen MR) is 95.0 cm³/mol. The number of carbonyl (C=O) groups is 2. The van der Waals surface area contributed by atoms with Gasteiger partial charge in [-0.1, -0.05) is 15.9 Å². The van der Waals surface area contributed by atoms with Crippen LogP contribution in [-0.4, -0.2) is 28.3 Å². The average molecular weight is 439 g/mol. The summed E-state index contributed by atoms with van der Waals surface area (Å²) in [6, 6.07) is 9.10. The number of nitrogens with zero attached hydrogens (tertiary/aromatic N) is 2. The maximum atomic E-state index is 12.0. The summed E-state index contributed by atoms with van der Waals surface area (Å²) in [6.45, 7) is -0.406. The summed E-state index contributed by atoms with van der Waals surface area (Å²) < 4.78 is 6.03. The van der Waals surface area contributed by atoms with Gasteiger partial charge >= 0.3 is 0 Å². The van der Waals surface area contributed by atoms with Gasteiger partial charge in [0.25, 0.3) is 23.2 Å². The fourth-order valence-corrected chi connectivity index (χ4v) is 2.12. The molecular formula is C15H11BrN4O7. The molecule has 0 heterocycles. The molecule has 11 nitrogen and oxygen atoms in total. The molecule has 0 atom stereocenters. The summed E-state index contributed by atoms with van der Waals surface area (Å²) in [5.74, 6) is -1.24. The zero-order valence-corrected chi connectivity index (χ0v) is 15.0. The molecule has 0 spiro atoms. The standard InChI is InChI=1S/C15H11BrN4O7/c16-10-1-3-13(4-2-10)27-8-14(21)17-18-15(22)9-5-11(19(23)24)7-12(6-9)20(25)26/h1-7H,8H2,(H,17,21)(H,18,22). The van der Waals surface area contributed by atoms with Crippen LogP contribution in [0.4, 0.5) is 11.4 Å². The maximum Gasteiger partial charge on any atom is 0.277 e. The summed E-state index contributed by atoms with van der Waals surface area (Å²) in [7, 11) is 0. The van der Waals surface area contributed by atoms with E-state index in [-0.39, 0.29) is 5.56 Å². The van der Waals surface area contributed by atoms with E-state index in [0.29, 0.717) is 5.75 Å². The Morgan fingerprint density at radius 1 is 0.963 bits per heavy atom. The molecular weight excluding hydrogens is 428 g/mol. The largest absolute Gasteiger partial charge is 0.484 e. The highest BCUT2D eigenvalue weighted by molar-refractivity contribution is 9.10. The van der Waals surface area contributed by atoms with Gasteiger partial charge in [0.1, 0.15) is 5.75 Å². The summed E-state index contributed by atoms with van der Waals surface area (Å²) in [4.78, 5) is 43.6. The first kappa shape index (κ1) is 19.8. The van der Waals surface area contributed by atoms with Crippen molar-refractivity contribution in [3.63, 3.8) is 0 Å². The number of amides is 2. The smallest absolute Gasteiger partial charge is 0.277 e. The van der Waals surface area contributed by atoms with Crippen molar-refractivity contribution in [2.24, 2.45) is 0 Å². The van der Waals surface area contributed by atoms with Crippen molar-refractivity contribution in [2.75, 3.05) is 6.61 Å². The maximum absolute atomic E-state index is 12.0. The zero-order valence-electron chi connectivity index (χ0n) is 13.4. The first-order valence-corrected chi connectivity index (χ1v) is 7.97. The number of non-ortho nitro benzene ring substituents is 2. The van der Waals surface area contributed by atoms with Crippen LogP contribution in [-0.2, 0) is 4.79 Å². The zero-order chi connectivity index (χ0) is 20.0. The third kappa shape index (κ3) is 5.74. The van der Waals surface area contributed by atoms with Crippen LogP contribution in [0.3, 0.4) is 0 Å². The summed E-state index contributed by atoms with van der Waals surface area (Å²) in [6.07, 6.45) is 0. The van der Waals surface area contributed by atoms with Crippen molar-refractivity contribution in [1.29, 1.82) is 0 Å². The quantitative estimate of drug-likeness (QED) is 0.516. The predicted octanol–water partition coefficient (Wildman–Crippen LogP) is 2.11. The molecule has 2 aromatic rings. The molecule has 0 radical (unpaired) electrons. The lowest BCUT2D eigenvalue weighted by molar-refractivity contribution is -0.394. The molecule has 140 valence electrons. The highest BCUT2D eigenvalue weighted by atomic mass is 79.9. The fourth-order valence-electron chi connectivity index (χ4n) is 1.85. The number of nitrogens with one attached hydrogen (secondary N) is 2. The van der Waals surface area contributed by atoms with Gasteiger partial charge in [0, 0.05) is 16.6 Å². The highest BCUT2D eigenvalue weighted by Crippen LogP contribution is 2.22. The van der Waals surface area contributed by atoms with Crippen LogP contribution in [0.25, 0.3) is 0 Å². The highest BCUT2D eigenvalue weighted by Gasteiger charge is 2.20. The van der Waals surface area contributed by atoms with Gasteiger partial charge in [-0.3, -0.25) is 40.7 Å². The van der Waals surface area contributed by atoms with E-state index in [0.717, 1.165) is 22.7 Å². The van der Waals surface area contributed by atoms with Crippen LogP contribution in [0.5, 0.6) is 5.75 Å². The molecule has 0 aromatic heterocycles. The number of carbonyl (C=O) groups excluding carboxylic acids is 2. The van der Waals surface area contributed by atoms with E-state index in [9.17, 15) is 29.8 Å². The minimum absolute atomic E-state index is 0.356. The second-order valence-electron chi connectivity index (χ2n) is 5.00. The normalized spacial score (nSPS) is 9.96. The molecule has 2 amide bonds. The van der Waals surface area contributed by atoms with Crippen LogP contribution in [0.2, 0.25) is 0 Å². The van der Waals surface area contributed by atoms with Crippen molar-refractivity contribution in [3.05, 3.63) is 72.7 Å². The minimum atomic E-state index is -0.959. The number of nitro groups is 2. The minimum Gasteiger partial charge on any atom is -0.484 e. The lowest BCUT2D eigenvalue weighted by Gasteiger charge is -2.09. The Bertz CT molecular complexity index is 869. The second kappa shape index (κ2) is 8.71. The number of halogens is 1. The lowest BCUT2D eigenvalue weighted by atomic mass is 10.1. The monoisotopic (exact) mass is 438 g/mol. The SMILES string of the molecule is O=C(COc1ccc(Br)cc1)NNC(=O)c1cc([N+](=O)[O-])cc([N+](=O)[O-])c1. The van der Waals surface area contributed by atoms with Gasteiger partial charge in [-0.15, -0.1) is 0 Å². The molecule has 2 N–H and O–H groups in total. The van der Waals surface area contributed by atoms with E-state index in [4.69, 9.17) is 4.74 Å². The van der Waals surface area contributed by atoms with Gasteiger partial charge in [0.15, 0.2) is 6.61 Å². The summed E-state index contributed by atoms with van der Waals surface area (Å²) in [5.41, 5.74) is 2.44. The van der Waals surface area contributed by atoms with Crippen molar-refractivity contribution in [1.82, 2.24) is 10.9 Å². The Labute approximate surface area is 159 Å². The number of nitro benzene ring substituents is 2. The third-order valence-corrected chi connectivity index (χ3v) is 3.61. The van der Waals surface area contributed by atoms with Crippen molar-refractivity contribution >= 4 is 39.1 Å². The first-order chi connectivity index (χ1) is 12.8. The van der Waals surface area contributed by atoms with Crippen molar-refractivity contribution < 1.29 is 24.2 Å². The molecule has 2 aromatic carbocycles. The van der Waals surface area contributed by atoms with Gasteiger partial charge in [-0.25, -0.2) is 0 Å². The van der Waals surface area contributed by atoms with Gasteiger partial charge in [-0.2, -0.15) is 0 Å². The summed E-state index contributed by atoms with van der Waals surface area (Å²) in [5, 5.41) is 21.6. The Morgan fingerprint density at radius 2 is 1.52 bits per heavy atom. The molecule has 0 unspecified atom stereocenters. The van der Waals surface area contributed by atoms with Crippen LogP contribution in [0, 0.1) is 20.2 Å². The van der Waals surface area contributed by atoms with Gasteiger partial charge in [0.05, 0.1) is 21.5 Å². The van der Waals surface area contributed by atoms with Crippen LogP contribution in [0.15, 0.2) is 46.9 Å². The molecule has 0 aliphatic rings. The van der Waals surface area contributed by atoms with Crippen LogP contribution in [0.1, 0.15) is 10.4 Å². The molecule has 0 saturated carbocycles. The van der Waals surface area contributed by atoms with E-state index >= 15 is 0 Å². The van der Waals surface area contributed by atoms with E-state index < -0.39 is 39.6 Å². The Balaban J connectivity index is 1.96. The number of rotatable bonds is 6. The van der Waals surface area contributed by atoms with Crippen LogP contribution >= 0.6 is 15.9 Å². The van der Waals surface area contributed by atoms with Crippen molar-refractivity contribution in [3.8, 4) is 5.75 Å². The Hall–Kier alpha value is -3.54. The van der Waals surface area contributed by atoms with Crippen LogP contribution < -0.4 is 15.6 Å². The number of benzene rings is 2. The first-order valence-electron chi connectivity index (χ1n) is 7.17. The molecule has 0 fully saturated rings. The van der Waals surface area contributed by atoms with E-state index in [1.807, 2.05) is 10.9 Å². The third-order valence-electron chi connectivity index (χ3n) is 3.09. The second-order valence-corrected chi connectivity index (χ2v) is 5.91. The molecule has 0 bridgehead atoms. The number of hydrogen-bond donors (Lipinski definition) is 2. The lowest BCUT2D eigenvalue weighted by Crippen LogP contribution is -2.43. The number of hydrazine groups is 1. The summed E-state index contributed by atoms with van der Waals surface area (Å²) >= 11 is 3.25. The molecule has 2 rings (SSSR count). The van der Waals surface area contributed by atoms with E-state index in [2.05, 4.69) is 15.9 Å². The van der Waals surface area contributed by atoms with E-state index in [1.54, 1.807) is 24.3 Å². The fraction of sp³-hybridized carbons (Fsp3) is 0.0667. The van der Waals surface area contributed by atoms with Gasteiger partial charge in [-0.05, 0) is 24.3 Å². The number of ether oxygens (including phenoxy) is 1. The molecule has 0 saturated heterocycles. The molecule has 0 aliphatic carbocycles. The average Bonchev–Trinajstić information content (AvgIpc) is 2.65. The van der Waals surface area contributed by atoms with Crippen molar-refractivity contribution in [2.45, 2.75) is 0 Å². The van der Waals surface area contributed by atoms with Gasteiger partial charge < -0.3 is 4.74 Å². The molecule has 0 aliphatic heterocycles. The van der Waals surface area contributed by atoms with Gasteiger partial charge in [0.2, 0.25) is 0 Å². The Morgan fingerprint density at radius 3 is 2.04 bits per heavy atom. The van der Waals surface area contributed by atoms with E-state index in [1.165, 1.54) is 0 Å².